The Labute approximate surface area is 379 Å². The summed E-state index contributed by atoms with van der Waals surface area (Å²) < 4.78 is 15.8. The Morgan fingerprint density at radius 3 is 1.31 bits per heavy atom. The predicted molar refractivity (Wildman–Crippen MR) is 245 cm³/mol. The second-order valence-corrected chi connectivity index (χ2v) is 24.1. The van der Waals surface area contributed by atoms with E-state index in [0.717, 1.165) is 23.0 Å². The molecule has 0 bridgehead atoms. The van der Waals surface area contributed by atoms with Gasteiger partial charge in [0.1, 0.15) is 0 Å². The Morgan fingerprint density at radius 1 is 0.492 bits per heavy atom. The zero-order valence-corrected chi connectivity index (χ0v) is 39.5. The van der Waals surface area contributed by atoms with E-state index in [1.165, 1.54) is 119 Å². The number of allylic oxidation sites excluding steroid dienone is 2. The van der Waals surface area contributed by atoms with Gasteiger partial charge in [-0.25, -0.2) is 0 Å². The van der Waals surface area contributed by atoms with Crippen molar-refractivity contribution in [3.05, 3.63) is 189 Å². The van der Waals surface area contributed by atoms with E-state index >= 15 is 0 Å². The summed E-state index contributed by atoms with van der Waals surface area (Å²) in [5.74, 6) is 3.97. The van der Waals surface area contributed by atoms with E-state index < -0.39 is 21.3 Å². The first-order chi connectivity index (χ1) is 28.7. The Balaban J connectivity index is 0.00000238. The maximum Gasteiger partial charge on any atom is -1.00 e. The molecular weight excluding hydrogens is 867 g/mol. The number of benzene rings is 6. The zero-order valence-electron chi connectivity index (χ0n) is 35.6. The van der Waals surface area contributed by atoms with Crippen LogP contribution in [0.1, 0.15) is 94.1 Å². The molecule has 302 valence electrons. The molecule has 2 aromatic heterocycles. The molecule has 61 heavy (non-hydrogen) atoms. The van der Waals surface area contributed by atoms with E-state index in [9.17, 15) is 0 Å². The van der Waals surface area contributed by atoms with E-state index in [4.69, 9.17) is 8.83 Å². The van der Waals surface area contributed by atoms with Crippen LogP contribution in [-0.2, 0) is 21.3 Å². The van der Waals surface area contributed by atoms with Gasteiger partial charge in [-0.05, 0) is 0 Å². The molecule has 0 amide bonds. The third kappa shape index (κ3) is 6.66. The first kappa shape index (κ1) is 41.6. The molecule has 3 aliphatic rings. The molecule has 1 saturated carbocycles. The van der Waals surface area contributed by atoms with Crippen molar-refractivity contribution >= 4 is 48.0 Å². The number of halogens is 2. The fourth-order valence-electron chi connectivity index (χ4n) is 10.6. The second-order valence-electron chi connectivity index (χ2n) is 17.2. The van der Waals surface area contributed by atoms with Crippen molar-refractivity contribution in [2.45, 2.75) is 68.1 Å². The normalized spacial score (nSPS) is 16.2. The third-order valence-electron chi connectivity index (χ3n) is 13.8. The van der Waals surface area contributed by atoms with Crippen molar-refractivity contribution < 1.29 is 54.9 Å². The van der Waals surface area contributed by atoms with E-state index in [1.807, 2.05) is 3.21 Å². The van der Waals surface area contributed by atoms with Crippen LogP contribution in [0.15, 0.2) is 130 Å². The number of hydrogen-bond acceptors (Lipinski definition) is 2. The number of fused-ring (bicyclic) bond motifs is 4. The van der Waals surface area contributed by atoms with E-state index in [1.54, 1.807) is 0 Å². The van der Waals surface area contributed by atoms with Crippen LogP contribution in [0.25, 0.3) is 67.1 Å². The summed E-state index contributed by atoms with van der Waals surface area (Å²) in [7, 11) is 0. The summed E-state index contributed by atoms with van der Waals surface area (Å²) in [5, 5.41) is 5.17. The number of aryl methyl sites for hydroxylation is 4. The SMILES string of the molecule is Cc1ccc(C2=Cc3c(cc(C)c(C)c3-c3cccc4ccccc34)[CH]2[Zr+2](=[C]2CCC2)[CH]2C(c3ccc(C)o3)=Cc3c2cc(C)c(C)c3-c2cccc3ccccc23)o1.[Cl-].[Cl-]. The standard InChI is InChI=1S/2C26H21O.C4H6.2ClH.Zr/c2*1-16-13-20-14-21(25-12-11-17(2)27-25)15-24(20)26(18(16)3)23-10-6-8-19-7-4-5-9-22(19)23;1-2-4-3-1;;;/h2*4-15H,1-3H3;1-3H2;2*1H;/q;;;;;+2/p-2. The van der Waals surface area contributed by atoms with E-state index in [0.29, 0.717) is 0 Å². The molecule has 0 radical (unpaired) electrons. The first-order valence-corrected chi connectivity index (χ1v) is 25.3. The fourth-order valence-corrected chi connectivity index (χ4v) is 21.3. The summed E-state index contributed by atoms with van der Waals surface area (Å²) in [4.78, 5) is 0. The molecule has 2 heterocycles. The van der Waals surface area contributed by atoms with Gasteiger partial charge in [-0.2, -0.15) is 0 Å². The maximum absolute atomic E-state index is 6.71. The van der Waals surface area contributed by atoms with Gasteiger partial charge in [-0.3, -0.25) is 0 Å². The van der Waals surface area contributed by atoms with Gasteiger partial charge in [0.05, 0.1) is 0 Å². The van der Waals surface area contributed by atoms with Crippen LogP contribution in [0, 0.1) is 41.5 Å². The van der Waals surface area contributed by atoms with Gasteiger partial charge in [-0.15, -0.1) is 0 Å². The first-order valence-electron chi connectivity index (χ1n) is 21.3. The third-order valence-corrected chi connectivity index (χ3v) is 23.2. The van der Waals surface area contributed by atoms with Gasteiger partial charge >= 0.3 is 357 Å². The van der Waals surface area contributed by atoms with Gasteiger partial charge in [0.25, 0.3) is 0 Å². The van der Waals surface area contributed by atoms with Crippen LogP contribution in [-0.4, -0.2) is 3.21 Å². The molecule has 2 atom stereocenters. The molecule has 8 aromatic rings. The van der Waals surface area contributed by atoms with Crippen molar-refractivity contribution in [3.8, 4) is 22.3 Å². The molecule has 2 nitrogen and oxygen atoms in total. The molecule has 0 saturated heterocycles. The van der Waals surface area contributed by atoms with E-state index in [2.05, 4.69) is 175 Å². The second kappa shape index (κ2) is 16.2. The average molecular weight is 915 g/mol. The van der Waals surface area contributed by atoms with Crippen LogP contribution < -0.4 is 24.8 Å². The van der Waals surface area contributed by atoms with Gasteiger partial charge in [0.15, 0.2) is 0 Å². The molecule has 0 spiro atoms. The summed E-state index contributed by atoms with van der Waals surface area (Å²) in [6.45, 7) is 13.5. The molecule has 0 N–H and O–H groups in total. The zero-order chi connectivity index (χ0) is 40.1. The summed E-state index contributed by atoms with van der Waals surface area (Å²) in [6.07, 6.45) is 8.84. The minimum atomic E-state index is -2.91. The minimum Gasteiger partial charge on any atom is -1.00 e. The van der Waals surface area contributed by atoms with Crippen LogP contribution in [0.4, 0.5) is 0 Å². The van der Waals surface area contributed by atoms with E-state index in [-0.39, 0.29) is 32.1 Å². The number of hydrogen-bond donors (Lipinski definition) is 0. The minimum absolute atomic E-state index is 0. The Bertz CT molecular complexity index is 2950. The van der Waals surface area contributed by atoms with Gasteiger partial charge < -0.3 is 24.8 Å². The molecule has 0 aliphatic heterocycles. The Kier molecular flexibility index (Phi) is 11.0. The van der Waals surface area contributed by atoms with Crippen molar-refractivity contribution in [3.63, 3.8) is 0 Å². The summed E-state index contributed by atoms with van der Waals surface area (Å²) in [6, 6.07) is 45.4. The molecule has 2 unspecified atom stereocenters. The van der Waals surface area contributed by atoms with Crippen molar-refractivity contribution in [2.75, 3.05) is 0 Å². The van der Waals surface area contributed by atoms with Crippen molar-refractivity contribution in [2.24, 2.45) is 0 Å². The van der Waals surface area contributed by atoms with Crippen molar-refractivity contribution in [1.29, 1.82) is 0 Å². The van der Waals surface area contributed by atoms with Crippen LogP contribution in [0.2, 0.25) is 0 Å². The summed E-state index contributed by atoms with van der Waals surface area (Å²) in [5.41, 5.74) is 19.3. The topological polar surface area (TPSA) is 26.3 Å². The molecular formula is C56H48Cl2O2Zr. The molecule has 3 aliphatic carbocycles. The monoisotopic (exact) mass is 912 g/mol. The van der Waals surface area contributed by atoms with Gasteiger partial charge in [-0.1, -0.05) is 0 Å². The molecule has 1 fully saturated rings. The van der Waals surface area contributed by atoms with Crippen LogP contribution >= 0.6 is 0 Å². The Morgan fingerprint density at radius 2 is 0.918 bits per heavy atom. The molecule has 6 aromatic carbocycles. The molecule has 5 heteroatoms. The van der Waals surface area contributed by atoms with Gasteiger partial charge in [0.2, 0.25) is 0 Å². The van der Waals surface area contributed by atoms with Crippen molar-refractivity contribution in [1.82, 2.24) is 0 Å². The quantitative estimate of drug-likeness (QED) is 0.167. The average Bonchev–Trinajstić information content (AvgIpc) is 4.02. The largest absolute Gasteiger partial charge is 1.00 e. The predicted octanol–water partition coefficient (Wildman–Crippen LogP) is 9.24. The molecule has 11 rings (SSSR count). The number of furan rings is 2. The fraction of sp³-hybridized carbons (Fsp3) is 0.196. The smallest absolute Gasteiger partial charge is 1.00 e. The summed E-state index contributed by atoms with van der Waals surface area (Å²) >= 11 is -2.91. The maximum atomic E-state index is 6.71. The van der Waals surface area contributed by atoms with Gasteiger partial charge in [0, 0.05) is 0 Å². The Hall–Kier alpha value is -4.79. The number of rotatable bonds is 6. The van der Waals surface area contributed by atoms with Crippen LogP contribution in [0.5, 0.6) is 0 Å². The van der Waals surface area contributed by atoms with Crippen LogP contribution in [0.3, 0.4) is 0 Å².